The number of hydrogen-bond donors (Lipinski definition) is 3. The number of rotatable bonds is 3. The van der Waals surface area contributed by atoms with Gasteiger partial charge in [-0.2, -0.15) is 10.1 Å². The van der Waals surface area contributed by atoms with Gasteiger partial charge in [0.05, 0.1) is 11.9 Å². The number of benzene rings is 1. The van der Waals surface area contributed by atoms with Gasteiger partial charge in [0.2, 0.25) is 5.95 Å². The Morgan fingerprint density at radius 3 is 2.84 bits per heavy atom. The predicted octanol–water partition coefficient (Wildman–Crippen LogP) is 3.83. The number of nitrogens with one attached hydrogen (secondary N) is 2. The summed E-state index contributed by atoms with van der Waals surface area (Å²) in [5.41, 5.74) is 12.2. The first-order valence-corrected chi connectivity index (χ1v) is 9.83. The van der Waals surface area contributed by atoms with E-state index in [2.05, 4.69) is 30.1 Å². The Kier molecular flexibility index (Phi) is 3.76. The number of nitrogens with zero attached hydrogens (tertiary/aromatic N) is 5. The van der Waals surface area contributed by atoms with Crippen LogP contribution < -0.4 is 10.6 Å². The molecule has 4 aromatic heterocycles. The Morgan fingerprint density at radius 1 is 1.03 bits per heavy atom. The van der Waals surface area contributed by atoms with E-state index < -0.39 is 0 Å². The maximum absolute atomic E-state index is 13.6. The van der Waals surface area contributed by atoms with Crippen LogP contribution in [-0.4, -0.2) is 36.7 Å². The second kappa shape index (κ2) is 6.63. The zero-order valence-electron chi connectivity index (χ0n) is 16.3. The van der Waals surface area contributed by atoms with Crippen molar-refractivity contribution in [3.63, 3.8) is 0 Å². The first kappa shape index (κ1) is 17.6. The SMILES string of the molecule is Nc1nc(-c2c[nH]c3ncc(-c4cn[nH]c4)cc23)cc(N2CCc3cc(F)ccc32)n1. The summed E-state index contributed by atoms with van der Waals surface area (Å²) >= 11 is 0. The molecule has 152 valence electrons. The third kappa shape index (κ3) is 2.90. The summed E-state index contributed by atoms with van der Waals surface area (Å²) in [6.07, 6.45) is 7.99. The van der Waals surface area contributed by atoms with Gasteiger partial charge < -0.3 is 15.6 Å². The van der Waals surface area contributed by atoms with Crippen LogP contribution in [0.4, 0.5) is 21.8 Å². The molecule has 9 heteroatoms. The van der Waals surface area contributed by atoms with Gasteiger partial charge in [-0.05, 0) is 36.2 Å². The molecule has 0 radical (unpaired) electrons. The number of pyridine rings is 1. The maximum atomic E-state index is 13.6. The van der Waals surface area contributed by atoms with E-state index in [1.165, 1.54) is 6.07 Å². The van der Waals surface area contributed by atoms with E-state index in [4.69, 9.17) is 5.73 Å². The van der Waals surface area contributed by atoms with Crippen LogP contribution in [0.3, 0.4) is 0 Å². The number of H-pyrrole nitrogens is 2. The zero-order chi connectivity index (χ0) is 20.9. The lowest BCUT2D eigenvalue weighted by Gasteiger charge is -2.19. The Balaban J connectivity index is 1.46. The van der Waals surface area contributed by atoms with Gasteiger partial charge in [-0.3, -0.25) is 5.10 Å². The van der Waals surface area contributed by atoms with E-state index >= 15 is 0 Å². The van der Waals surface area contributed by atoms with Gasteiger partial charge in [-0.15, -0.1) is 0 Å². The molecule has 4 N–H and O–H groups in total. The van der Waals surface area contributed by atoms with Crippen LogP contribution in [0.25, 0.3) is 33.4 Å². The Hall–Kier alpha value is -4.27. The lowest BCUT2D eigenvalue weighted by molar-refractivity contribution is 0.626. The molecule has 0 amide bonds. The number of aromatic nitrogens is 6. The number of nitrogens with two attached hydrogens (primary N) is 1. The Bertz CT molecular complexity index is 1420. The average Bonchev–Trinajstić information content (AvgIpc) is 3.51. The fourth-order valence-electron chi connectivity index (χ4n) is 4.12. The number of nitrogen functional groups attached to an aromatic ring is 1. The largest absolute Gasteiger partial charge is 0.368 e. The molecule has 0 saturated carbocycles. The average molecular weight is 412 g/mol. The maximum Gasteiger partial charge on any atom is 0.222 e. The Morgan fingerprint density at radius 2 is 1.97 bits per heavy atom. The van der Waals surface area contributed by atoms with Crippen molar-refractivity contribution >= 4 is 28.5 Å². The van der Waals surface area contributed by atoms with Crippen molar-refractivity contribution in [2.24, 2.45) is 0 Å². The molecule has 1 aliphatic rings. The number of hydrogen-bond acceptors (Lipinski definition) is 6. The number of aromatic amines is 2. The predicted molar refractivity (Wildman–Crippen MR) is 116 cm³/mol. The summed E-state index contributed by atoms with van der Waals surface area (Å²) < 4.78 is 13.6. The fourth-order valence-corrected chi connectivity index (χ4v) is 4.12. The summed E-state index contributed by atoms with van der Waals surface area (Å²) in [5.74, 6) is 0.626. The van der Waals surface area contributed by atoms with Crippen molar-refractivity contribution in [2.45, 2.75) is 6.42 Å². The fraction of sp³-hybridized carbons (Fsp3) is 0.0909. The molecule has 5 heterocycles. The highest BCUT2D eigenvalue weighted by Crippen LogP contribution is 2.37. The van der Waals surface area contributed by atoms with Crippen LogP contribution >= 0.6 is 0 Å². The van der Waals surface area contributed by atoms with Crippen molar-refractivity contribution in [1.29, 1.82) is 0 Å². The van der Waals surface area contributed by atoms with Crippen molar-refractivity contribution < 1.29 is 4.39 Å². The van der Waals surface area contributed by atoms with Crippen LogP contribution in [-0.2, 0) is 6.42 Å². The van der Waals surface area contributed by atoms with E-state index in [9.17, 15) is 4.39 Å². The molecule has 6 rings (SSSR count). The standard InChI is InChI=1S/C22H17FN8/c23-15-1-2-19-12(5-15)3-4-31(19)20-7-18(29-22(24)30-20)17-11-26-21-16(17)6-13(8-25-21)14-9-27-28-10-14/h1-2,5-11H,3-4H2,(H,25,26)(H,27,28)(H2,24,29,30). The molecule has 1 aliphatic heterocycles. The van der Waals surface area contributed by atoms with Crippen LogP contribution in [0.2, 0.25) is 0 Å². The van der Waals surface area contributed by atoms with Gasteiger partial charge in [-0.25, -0.2) is 14.4 Å². The summed E-state index contributed by atoms with van der Waals surface area (Å²) in [6, 6.07) is 8.77. The summed E-state index contributed by atoms with van der Waals surface area (Å²) in [5, 5.41) is 7.76. The van der Waals surface area contributed by atoms with Gasteiger partial charge in [0.15, 0.2) is 0 Å². The molecule has 5 aromatic rings. The van der Waals surface area contributed by atoms with Gasteiger partial charge in [0.1, 0.15) is 17.3 Å². The molecule has 8 nitrogen and oxygen atoms in total. The van der Waals surface area contributed by atoms with Crippen LogP contribution in [0, 0.1) is 5.82 Å². The van der Waals surface area contributed by atoms with E-state index in [1.54, 1.807) is 24.5 Å². The molecule has 0 aliphatic carbocycles. The highest BCUT2D eigenvalue weighted by atomic mass is 19.1. The molecular formula is C22H17FN8. The highest BCUT2D eigenvalue weighted by Gasteiger charge is 2.23. The summed E-state index contributed by atoms with van der Waals surface area (Å²) in [6.45, 7) is 0.703. The molecule has 0 spiro atoms. The van der Waals surface area contributed by atoms with Crippen molar-refractivity contribution in [1.82, 2.24) is 30.1 Å². The number of halogens is 1. The van der Waals surface area contributed by atoms with E-state index in [-0.39, 0.29) is 11.8 Å². The van der Waals surface area contributed by atoms with Gasteiger partial charge >= 0.3 is 0 Å². The minimum absolute atomic E-state index is 0.177. The quantitative estimate of drug-likeness (QED) is 0.415. The first-order valence-electron chi connectivity index (χ1n) is 9.83. The second-order valence-corrected chi connectivity index (χ2v) is 7.45. The van der Waals surface area contributed by atoms with Gasteiger partial charge in [0, 0.05) is 59.0 Å². The molecule has 0 saturated heterocycles. The van der Waals surface area contributed by atoms with Crippen molar-refractivity contribution in [3.8, 4) is 22.4 Å². The van der Waals surface area contributed by atoms with E-state index in [0.29, 0.717) is 18.1 Å². The minimum atomic E-state index is -0.233. The smallest absolute Gasteiger partial charge is 0.222 e. The molecule has 0 unspecified atom stereocenters. The molecule has 0 atom stereocenters. The van der Waals surface area contributed by atoms with E-state index in [1.807, 2.05) is 29.4 Å². The monoisotopic (exact) mass is 412 g/mol. The second-order valence-electron chi connectivity index (χ2n) is 7.45. The molecular weight excluding hydrogens is 395 g/mol. The molecule has 1 aromatic carbocycles. The Labute approximate surface area is 176 Å². The van der Waals surface area contributed by atoms with Crippen molar-refractivity contribution in [3.05, 3.63) is 66.5 Å². The van der Waals surface area contributed by atoms with Crippen LogP contribution in [0.15, 0.2) is 55.1 Å². The third-order valence-electron chi connectivity index (χ3n) is 5.58. The molecule has 0 bridgehead atoms. The number of anilines is 3. The van der Waals surface area contributed by atoms with E-state index in [0.717, 1.165) is 45.4 Å². The summed E-state index contributed by atoms with van der Waals surface area (Å²) in [4.78, 5) is 18.7. The molecule has 0 fully saturated rings. The molecule has 31 heavy (non-hydrogen) atoms. The topological polar surface area (TPSA) is 112 Å². The minimum Gasteiger partial charge on any atom is -0.368 e. The lowest BCUT2D eigenvalue weighted by Crippen LogP contribution is -2.16. The van der Waals surface area contributed by atoms with Crippen LogP contribution in [0.5, 0.6) is 0 Å². The number of fused-ring (bicyclic) bond motifs is 2. The van der Waals surface area contributed by atoms with Crippen molar-refractivity contribution in [2.75, 3.05) is 17.2 Å². The first-order chi connectivity index (χ1) is 15.2. The zero-order valence-corrected chi connectivity index (χ0v) is 16.3. The van der Waals surface area contributed by atoms with Gasteiger partial charge in [0.25, 0.3) is 0 Å². The lowest BCUT2D eigenvalue weighted by atomic mass is 10.1. The summed E-state index contributed by atoms with van der Waals surface area (Å²) in [7, 11) is 0. The van der Waals surface area contributed by atoms with Crippen LogP contribution in [0.1, 0.15) is 5.56 Å². The normalized spacial score (nSPS) is 13.1. The van der Waals surface area contributed by atoms with Gasteiger partial charge in [-0.1, -0.05) is 0 Å². The third-order valence-corrected chi connectivity index (χ3v) is 5.58. The highest BCUT2D eigenvalue weighted by molar-refractivity contribution is 5.95.